The molecule has 1 fully saturated rings. The van der Waals surface area contributed by atoms with E-state index in [1.54, 1.807) is 18.4 Å². The Morgan fingerprint density at radius 3 is 2.95 bits per heavy atom. The van der Waals surface area contributed by atoms with E-state index in [2.05, 4.69) is 5.32 Å². The number of rotatable bonds is 4. The number of ether oxygens (including phenoxy) is 1. The molecule has 6 nitrogen and oxygen atoms in total. The fourth-order valence-corrected chi connectivity index (χ4v) is 2.57. The summed E-state index contributed by atoms with van der Waals surface area (Å²) in [4.78, 5) is 24.8. The second kappa shape index (κ2) is 5.58. The van der Waals surface area contributed by atoms with Gasteiger partial charge in [0.25, 0.3) is 0 Å². The Morgan fingerprint density at radius 1 is 1.63 bits per heavy atom. The van der Waals surface area contributed by atoms with Gasteiger partial charge in [0.05, 0.1) is 6.61 Å². The van der Waals surface area contributed by atoms with E-state index in [1.807, 2.05) is 16.8 Å². The molecule has 0 radical (unpaired) electrons. The van der Waals surface area contributed by atoms with Gasteiger partial charge >= 0.3 is 12.0 Å². The van der Waals surface area contributed by atoms with Crippen molar-refractivity contribution < 1.29 is 19.4 Å². The monoisotopic (exact) mass is 284 g/mol. The summed E-state index contributed by atoms with van der Waals surface area (Å²) in [6.07, 6.45) is 0.292. The van der Waals surface area contributed by atoms with Crippen LogP contribution in [0.3, 0.4) is 0 Å². The molecule has 2 N–H and O–H groups in total. The summed E-state index contributed by atoms with van der Waals surface area (Å²) in [5.74, 6) is -1.05. The van der Waals surface area contributed by atoms with Gasteiger partial charge in [-0.3, -0.25) is 0 Å². The molecule has 104 valence electrons. The first-order valence-corrected chi connectivity index (χ1v) is 6.83. The van der Waals surface area contributed by atoms with Crippen LogP contribution < -0.4 is 5.32 Å². The lowest BCUT2D eigenvalue weighted by molar-refractivity contribution is -0.144. The molecule has 0 aromatic carbocycles. The predicted octanol–water partition coefficient (Wildman–Crippen LogP) is 1.13. The standard InChI is InChI=1S/C12H16N2O4S/c1-14(6-9-2-5-19-7-9)11(17)13-12(10(15)16)3-4-18-8-12/h2,5,7H,3-4,6,8H2,1H3,(H,13,17)(H,15,16). The Balaban J connectivity index is 1.97. The highest BCUT2D eigenvalue weighted by atomic mass is 32.1. The van der Waals surface area contributed by atoms with Crippen molar-refractivity contribution in [1.82, 2.24) is 10.2 Å². The fourth-order valence-electron chi connectivity index (χ4n) is 1.91. The molecule has 19 heavy (non-hydrogen) atoms. The molecule has 0 saturated carbocycles. The van der Waals surface area contributed by atoms with Crippen molar-refractivity contribution in [3.05, 3.63) is 22.4 Å². The number of urea groups is 1. The van der Waals surface area contributed by atoms with E-state index >= 15 is 0 Å². The summed E-state index contributed by atoms with van der Waals surface area (Å²) >= 11 is 1.56. The maximum atomic E-state index is 12.0. The molecule has 2 heterocycles. The first kappa shape index (κ1) is 13.8. The maximum Gasteiger partial charge on any atom is 0.332 e. The lowest BCUT2D eigenvalue weighted by atomic mass is 9.99. The lowest BCUT2D eigenvalue weighted by Gasteiger charge is -2.27. The van der Waals surface area contributed by atoms with Crippen molar-refractivity contribution in [1.29, 1.82) is 0 Å². The summed E-state index contributed by atoms with van der Waals surface area (Å²) in [5, 5.41) is 15.7. The topological polar surface area (TPSA) is 78.9 Å². The lowest BCUT2D eigenvalue weighted by Crippen LogP contribution is -2.57. The van der Waals surface area contributed by atoms with Crippen molar-refractivity contribution >= 4 is 23.3 Å². The molecule has 1 aromatic heterocycles. The first-order valence-electron chi connectivity index (χ1n) is 5.89. The van der Waals surface area contributed by atoms with E-state index in [4.69, 9.17) is 4.74 Å². The molecule has 1 unspecified atom stereocenters. The van der Waals surface area contributed by atoms with Crippen molar-refractivity contribution in [3.63, 3.8) is 0 Å². The van der Waals surface area contributed by atoms with Gasteiger partial charge in [-0.15, -0.1) is 0 Å². The predicted molar refractivity (Wildman–Crippen MR) is 70.1 cm³/mol. The van der Waals surface area contributed by atoms with Crippen LogP contribution in [0.1, 0.15) is 12.0 Å². The van der Waals surface area contributed by atoms with Crippen LogP contribution in [0.2, 0.25) is 0 Å². The molecule has 1 aliphatic rings. The highest BCUT2D eigenvalue weighted by Crippen LogP contribution is 2.19. The van der Waals surface area contributed by atoms with Crippen LogP contribution in [0.4, 0.5) is 4.79 Å². The van der Waals surface area contributed by atoms with Gasteiger partial charge in [0.2, 0.25) is 0 Å². The summed E-state index contributed by atoms with van der Waals surface area (Å²) in [6, 6.07) is 1.53. The third-order valence-corrected chi connectivity index (χ3v) is 3.86. The number of carbonyl (C=O) groups excluding carboxylic acids is 1. The average molecular weight is 284 g/mol. The largest absolute Gasteiger partial charge is 0.479 e. The van der Waals surface area contributed by atoms with Crippen LogP contribution in [-0.2, 0) is 16.1 Å². The second-order valence-corrected chi connectivity index (χ2v) is 5.39. The molecule has 1 aromatic rings. The molecular weight excluding hydrogens is 268 g/mol. The molecule has 7 heteroatoms. The molecule has 0 aliphatic carbocycles. The zero-order valence-corrected chi connectivity index (χ0v) is 11.4. The van der Waals surface area contributed by atoms with Crippen LogP contribution in [0.5, 0.6) is 0 Å². The molecule has 2 rings (SSSR count). The Kier molecular flexibility index (Phi) is 4.06. The van der Waals surface area contributed by atoms with Crippen molar-refractivity contribution in [2.45, 2.75) is 18.5 Å². The van der Waals surface area contributed by atoms with Crippen molar-refractivity contribution in [2.24, 2.45) is 0 Å². The van der Waals surface area contributed by atoms with E-state index in [-0.39, 0.29) is 6.61 Å². The smallest absolute Gasteiger partial charge is 0.332 e. The zero-order valence-electron chi connectivity index (χ0n) is 10.6. The number of carboxylic acids is 1. The van der Waals surface area contributed by atoms with Gasteiger partial charge in [0.15, 0.2) is 5.54 Å². The van der Waals surface area contributed by atoms with Gasteiger partial charge in [0, 0.05) is 26.6 Å². The number of nitrogens with zero attached hydrogens (tertiary/aromatic N) is 1. The fraction of sp³-hybridized carbons (Fsp3) is 0.500. The zero-order chi connectivity index (χ0) is 13.9. The van der Waals surface area contributed by atoms with Crippen LogP contribution in [-0.4, -0.2) is 47.8 Å². The number of nitrogens with one attached hydrogen (secondary N) is 1. The third kappa shape index (κ3) is 3.05. The molecule has 2 amide bonds. The minimum atomic E-state index is -1.29. The summed E-state index contributed by atoms with van der Waals surface area (Å²) in [5.41, 5.74) is -0.269. The first-order chi connectivity index (χ1) is 9.03. The third-order valence-electron chi connectivity index (χ3n) is 3.12. The Hall–Kier alpha value is -1.60. The minimum Gasteiger partial charge on any atom is -0.479 e. The summed E-state index contributed by atoms with van der Waals surface area (Å²) < 4.78 is 5.10. The summed E-state index contributed by atoms with van der Waals surface area (Å²) in [7, 11) is 1.64. The number of carboxylic acid groups (broad SMARTS) is 1. The Labute approximate surface area is 115 Å². The highest BCUT2D eigenvalue weighted by Gasteiger charge is 2.44. The number of hydrogen-bond acceptors (Lipinski definition) is 4. The molecule has 0 spiro atoms. The van der Waals surface area contributed by atoms with Gasteiger partial charge in [-0.2, -0.15) is 11.3 Å². The van der Waals surface area contributed by atoms with E-state index in [1.165, 1.54) is 4.90 Å². The van der Waals surface area contributed by atoms with Crippen LogP contribution in [0.15, 0.2) is 16.8 Å². The van der Waals surface area contributed by atoms with Gasteiger partial charge in [0.1, 0.15) is 0 Å². The molecule has 1 saturated heterocycles. The highest BCUT2D eigenvalue weighted by molar-refractivity contribution is 7.07. The Morgan fingerprint density at radius 2 is 2.42 bits per heavy atom. The number of thiophene rings is 1. The van der Waals surface area contributed by atoms with E-state index in [9.17, 15) is 14.7 Å². The quantitative estimate of drug-likeness (QED) is 0.869. The number of aliphatic carboxylic acids is 1. The van der Waals surface area contributed by atoms with Crippen LogP contribution >= 0.6 is 11.3 Å². The van der Waals surface area contributed by atoms with Crippen LogP contribution in [0, 0.1) is 0 Å². The molecular formula is C12H16N2O4S. The van der Waals surface area contributed by atoms with Crippen molar-refractivity contribution in [3.8, 4) is 0 Å². The van der Waals surface area contributed by atoms with Crippen molar-refractivity contribution in [2.75, 3.05) is 20.3 Å². The number of carbonyl (C=O) groups is 2. The van der Waals surface area contributed by atoms with Gasteiger partial charge in [-0.25, -0.2) is 9.59 Å². The second-order valence-electron chi connectivity index (χ2n) is 4.61. The Bertz CT molecular complexity index is 454. The van der Waals surface area contributed by atoms with Gasteiger partial charge in [-0.1, -0.05) is 0 Å². The van der Waals surface area contributed by atoms with E-state index < -0.39 is 17.5 Å². The van der Waals surface area contributed by atoms with Crippen LogP contribution in [0.25, 0.3) is 0 Å². The van der Waals surface area contributed by atoms with Gasteiger partial charge in [-0.05, 0) is 22.4 Å². The average Bonchev–Trinajstić information content (AvgIpc) is 3.00. The number of hydrogen-bond donors (Lipinski definition) is 2. The minimum absolute atomic E-state index is 0.0143. The molecule has 1 atom stereocenters. The summed E-state index contributed by atoms with van der Waals surface area (Å²) in [6.45, 7) is 0.813. The maximum absolute atomic E-state index is 12.0. The number of amides is 2. The van der Waals surface area contributed by atoms with E-state index in [0.717, 1.165) is 5.56 Å². The molecule has 0 bridgehead atoms. The SMILES string of the molecule is CN(Cc1ccsc1)C(=O)NC1(C(=O)O)CCOC1. The van der Waals surface area contributed by atoms with E-state index in [0.29, 0.717) is 19.6 Å². The normalized spacial score (nSPS) is 22.2. The van der Waals surface area contributed by atoms with Gasteiger partial charge < -0.3 is 20.1 Å². The molecule has 1 aliphatic heterocycles.